The molecule has 11 heteroatoms. The summed E-state index contributed by atoms with van der Waals surface area (Å²) in [6, 6.07) is 7.58. The van der Waals surface area contributed by atoms with Crippen LogP contribution in [0.5, 0.6) is 0 Å². The first-order valence-electron chi connectivity index (χ1n) is 9.08. The van der Waals surface area contributed by atoms with E-state index in [2.05, 4.69) is 21.5 Å². The zero-order valence-corrected chi connectivity index (χ0v) is 17.9. The topological polar surface area (TPSA) is 83.1 Å². The summed E-state index contributed by atoms with van der Waals surface area (Å²) in [7, 11) is 0. The summed E-state index contributed by atoms with van der Waals surface area (Å²) >= 11 is 2.51. The van der Waals surface area contributed by atoms with Gasteiger partial charge in [0.2, 0.25) is 0 Å². The van der Waals surface area contributed by atoms with Gasteiger partial charge in [-0.2, -0.15) is 23.5 Å². The molecule has 1 amide bonds. The van der Waals surface area contributed by atoms with Crippen LogP contribution in [0.25, 0.3) is 16.2 Å². The van der Waals surface area contributed by atoms with E-state index in [1.807, 2.05) is 13.8 Å². The van der Waals surface area contributed by atoms with Crippen LogP contribution in [0.4, 0.5) is 18.2 Å². The number of carbonyl (C=O) groups is 1. The number of amides is 1. The number of alkyl halides is 3. The first-order chi connectivity index (χ1) is 14.7. The monoisotopic (exact) mass is 461 g/mol. The number of anilines is 1. The zero-order valence-electron chi connectivity index (χ0n) is 16.2. The Labute approximate surface area is 182 Å². The van der Waals surface area contributed by atoms with Crippen molar-refractivity contribution in [2.24, 2.45) is 0 Å². The molecule has 1 N–H and O–H groups in total. The highest BCUT2D eigenvalue weighted by atomic mass is 32.1. The van der Waals surface area contributed by atoms with Crippen LogP contribution in [-0.4, -0.2) is 20.5 Å². The summed E-state index contributed by atoms with van der Waals surface area (Å²) in [6.45, 7) is 3.75. The summed E-state index contributed by atoms with van der Waals surface area (Å²) in [4.78, 5) is 18.5. The van der Waals surface area contributed by atoms with Crippen LogP contribution in [-0.2, 0) is 12.6 Å². The van der Waals surface area contributed by atoms with Gasteiger partial charge in [-0.15, -0.1) is 22.7 Å². The van der Waals surface area contributed by atoms with E-state index in [1.165, 1.54) is 28.7 Å². The fourth-order valence-electron chi connectivity index (χ4n) is 3.22. The Bertz CT molecular complexity index is 1330. The maximum Gasteiger partial charge on any atom is 0.433 e. The van der Waals surface area contributed by atoms with E-state index in [-0.39, 0.29) is 17.0 Å². The lowest BCUT2D eigenvalue weighted by Gasteiger charge is -2.10. The molecule has 4 rings (SSSR count). The van der Waals surface area contributed by atoms with E-state index in [4.69, 9.17) is 0 Å². The molecule has 4 aromatic rings. The molecule has 0 spiro atoms. The van der Waals surface area contributed by atoms with Gasteiger partial charge in [-0.1, -0.05) is 13.0 Å². The molecule has 0 aliphatic carbocycles. The molecule has 0 unspecified atom stereocenters. The number of hydrogen-bond donors (Lipinski definition) is 1. The van der Waals surface area contributed by atoms with Gasteiger partial charge < -0.3 is 5.32 Å². The van der Waals surface area contributed by atoms with E-state index in [0.717, 1.165) is 16.5 Å². The second-order valence-electron chi connectivity index (χ2n) is 6.56. The highest BCUT2D eigenvalue weighted by Crippen LogP contribution is 2.35. The van der Waals surface area contributed by atoms with Crippen molar-refractivity contribution in [2.45, 2.75) is 26.4 Å². The molecule has 4 heterocycles. The lowest BCUT2D eigenvalue weighted by Crippen LogP contribution is -2.15. The van der Waals surface area contributed by atoms with Crippen LogP contribution in [0.15, 0.2) is 29.6 Å². The maximum absolute atomic E-state index is 13.7. The van der Waals surface area contributed by atoms with Crippen molar-refractivity contribution >= 4 is 39.2 Å². The number of fused-ring (bicyclic) bond motifs is 1. The van der Waals surface area contributed by atoms with Crippen molar-refractivity contribution in [3.05, 3.63) is 57.0 Å². The number of aromatic nitrogens is 3. The van der Waals surface area contributed by atoms with Gasteiger partial charge >= 0.3 is 6.18 Å². The Morgan fingerprint density at radius 1 is 1.35 bits per heavy atom. The Morgan fingerprint density at radius 3 is 2.74 bits per heavy atom. The molecule has 6 nitrogen and oxygen atoms in total. The molecule has 0 bridgehead atoms. The SMILES string of the molecule is CCc1c(C)sc(NC(=O)c2cc3nc(-c4cccs4)cc(C(F)(F)F)n3n2)c1C#N. The fourth-order valence-corrected chi connectivity index (χ4v) is 4.99. The maximum atomic E-state index is 13.7. The number of nitriles is 1. The Kier molecular flexibility index (Phi) is 5.28. The molecule has 0 atom stereocenters. The molecular formula is C20H14F3N5OS2. The van der Waals surface area contributed by atoms with Crippen molar-refractivity contribution in [1.29, 1.82) is 5.26 Å². The molecule has 0 aliphatic heterocycles. The molecule has 0 radical (unpaired) electrons. The van der Waals surface area contributed by atoms with Gasteiger partial charge in [-0.25, -0.2) is 9.50 Å². The van der Waals surface area contributed by atoms with Crippen molar-refractivity contribution in [3.63, 3.8) is 0 Å². The first-order valence-corrected chi connectivity index (χ1v) is 10.8. The molecule has 0 aromatic carbocycles. The number of hydrogen-bond acceptors (Lipinski definition) is 6. The minimum absolute atomic E-state index is 0.0968. The Hall–Kier alpha value is -3.23. The van der Waals surface area contributed by atoms with E-state index in [0.29, 0.717) is 26.4 Å². The molecular weight excluding hydrogens is 447 g/mol. The summed E-state index contributed by atoms with van der Waals surface area (Å²) < 4.78 is 41.6. The molecule has 158 valence electrons. The van der Waals surface area contributed by atoms with E-state index >= 15 is 0 Å². The number of thiophene rings is 2. The quantitative estimate of drug-likeness (QED) is 0.433. The van der Waals surface area contributed by atoms with Gasteiger partial charge in [0, 0.05) is 10.9 Å². The average Bonchev–Trinajstić information content (AvgIpc) is 3.44. The molecule has 0 saturated heterocycles. The van der Waals surface area contributed by atoms with Gasteiger partial charge in [0.25, 0.3) is 5.91 Å². The molecule has 0 saturated carbocycles. The van der Waals surface area contributed by atoms with Gasteiger partial charge in [-0.05, 0) is 36.4 Å². The molecule has 4 aromatic heterocycles. The van der Waals surface area contributed by atoms with Gasteiger partial charge in [0.1, 0.15) is 11.1 Å². The number of nitrogens with one attached hydrogen (secondary N) is 1. The average molecular weight is 461 g/mol. The smallest absolute Gasteiger partial charge is 0.311 e. The number of halogens is 3. The zero-order chi connectivity index (χ0) is 22.3. The molecule has 31 heavy (non-hydrogen) atoms. The van der Waals surface area contributed by atoms with Crippen LogP contribution in [0.2, 0.25) is 0 Å². The summed E-state index contributed by atoms with van der Waals surface area (Å²) in [5.74, 6) is -0.711. The largest absolute Gasteiger partial charge is 0.433 e. The van der Waals surface area contributed by atoms with Crippen LogP contribution < -0.4 is 5.32 Å². The van der Waals surface area contributed by atoms with Gasteiger partial charge in [0.15, 0.2) is 17.0 Å². The summed E-state index contributed by atoms with van der Waals surface area (Å²) in [5.41, 5.74) is -0.0155. The lowest BCUT2D eigenvalue weighted by molar-refractivity contribution is -0.142. The summed E-state index contributed by atoms with van der Waals surface area (Å²) in [5, 5.41) is 18.0. The predicted molar refractivity (Wildman–Crippen MR) is 112 cm³/mol. The number of rotatable bonds is 4. The Balaban J connectivity index is 1.77. The predicted octanol–water partition coefficient (Wildman–Crippen LogP) is 5.53. The van der Waals surface area contributed by atoms with Crippen molar-refractivity contribution in [2.75, 3.05) is 5.32 Å². The Morgan fingerprint density at radius 2 is 2.13 bits per heavy atom. The van der Waals surface area contributed by atoms with E-state index < -0.39 is 17.8 Å². The van der Waals surface area contributed by atoms with Crippen molar-refractivity contribution in [1.82, 2.24) is 14.6 Å². The number of aryl methyl sites for hydroxylation is 1. The van der Waals surface area contributed by atoms with Crippen LogP contribution in [0, 0.1) is 18.3 Å². The third-order valence-electron chi connectivity index (χ3n) is 4.63. The van der Waals surface area contributed by atoms with Gasteiger partial charge in [0.05, 0.1) is 16.1 Å². The third kappa shape index (κ3) is 3.80. The lowest BCUT2D eigenvalue weighted by atomic mass is 10.1. The highest BCUT2D eigenvalue weighted by Gasteiger charge is 2.36. The van der Waals surface area contributed by atoms with Crippen LogP contribution in [0.1, 0.15) is 39.1 Å². The van der Waals surface area contributed by atoms with Gasteiger partial charge in [-0.3, -0.25) is 4.79 Å². The first kappa shape index (κ1) is 21.0. The second kappa shape index (κ2) is 7.79. The minimum atomic E-state index is -4.69. The molecule has 0 aliphatic rings. The normalized spacial score (nSPS) is 11.6. The summed E-state index contributed by atoms with van der Waals surface area (Å²) in [6.07, 6.45) is -4.07. The number of carbonyl (C=O) groups excluding carboxylic acids is 1. The standard InChI is InChI=1S/C20H14F3N5OS2/c1-3-11-10(2)31-19(12(11)9-24)26-18(29)14-8-17-25-13(15-5-4-6-30-15)7-16(20(21,22)23)28(17)27-14/h4-8H,3H2,1-2H3,(H,26,29). The fraction of sp³-hybridized carbons (Fsp3) is 0.200. The van der Waals surface area contributed by atoms with Crippen LogP contribution >= 0.6 is 22.7 Å². The minimum Gasteiger partial charge on any atom is -0.311 e. The second-order valence-corrected chi connectivity index (χ2v) is 8.73. The van der Waals surface area contributed by atoms with E-state index in [9.17, 15) is 23.2 Å². The van der Waals surface area contributed by atoms with Crippen LogP contribution in [0.3, 0.4) is 0 Å². The van der Waals surface area contributed by atoms with Crippen molar-refractivity contribution < 1.29 is 18.0 Å². The third-order valence-corrected chi connectivity index (χ3v) is 6.58. The van der Waals surface area contributed by atoms with E-state index in [1.54, 1.807) is 17.5 Å². The highest BCUT2D eigenvalue weighted by molar-refractivity contribution is 7.16. The molecule has 0 fully saturated rings. The number of nitrogens with zero attached hydrogens (tertiary/aromatic N) is 4. The van der Waals surface area contributed by atoms with Crippen molar-refractivity contribution in [3.8, 4) is 16.6 Å².